The van der Waals surface area contributed by atoms with E-state index in [1.165, 1.54) is 24.3 Å². The van der Waals surface area contributed by atoms with Crippen molar-refractivity contribution >= 4 is 16.7 Å². The van der Waals surface area contributed by atoms with Crippen LogP contribution in [0.2, 0.25) is 0 Å². The maximum Gasteiger partial charge on any atom is 0.269 e. The number of benzene rings is 2. The lowest BCUT2D eigenvalue weighted by molar-refractivity contribution is -0.384. The molecule has 0 fully saturated rings. The topological polar surface area (TPSA) is 81.5 Å². The van der Waals surface area contributed by atoms with Crippen LogP contribution in [0.15, 0.2) is 59.5 Å². The Bertz CT molecular complexity index is 602. The van der Waals surface area contributed by atoms with E-state index in [0.717, 1.165) is 5.56 Å². The average molecular weight is 292 g/mol. The SMILES string of the molecule is O=[N+]([O-])c1ccc([S@@](=O)NOCc2ccccc2)cc1. The van der Waals surface area contributed by atoms with Crippen molar-refractivity contribution in [3.8, 4) is 0 Å². The van der Waals surface area contributed by atoms with Crippen molar-refractivity contribution in [1.29, 1.82) is 0 Å². The highest BCUT2D eigenvalue weighted by molar-refractivity contribution is 7.82. The zero-order valence-electron chi connectivity index (χ0n) is 10.4. The molecule has 104 valence electrons. The van der Waals surface area contributed by atoms with Crippen LogP contribution in [0.3, 0.4) is 0 Å². The van der Waals surface area contributed by atoms with Gasteiger partial charge in [-0.15, -0.1) is 4.89 Å². The zero-order valence-corrected chi connectivity index (χ0v) is 11.2. The molecule has 2 aromatic rings. The van der Waals surface area contributed by atoms with E-state index >= 15 is 0 Å². The molecule has 0 unspecified atom stereocenters. The van der Waals surface area contributed by atoms with Gasteiger partial charge in [0.15, 0.2) is 0 Å². The maximum absolute atomic E-state index is 11.8. The first-order valence-corrected chi connectivity index (χ1v) is 6.89. The number of nitro groups is 1. The molecule has 0 aliphatic heterocycles. The Labute approximate surface area is 118 Å². The number of nitro benzene ring substituents is 1. The Hall–Kier alpha value is -2.09. The van der Waals surface area contributed by atoms with E-state index in [1.54, 1.807) is 0 Å². The van der Waals surface area contributed by atoms with Crippen LogP contribution in [0.1, 0.15) is 5.56 Å². The van der Waals surface area contributed by atoms with Gasteiger partial charge in [0.05, 0.1) is 16.4 Å². The molecule has 0 radical (unpaired) electrons. The van der Waals surface area contributed by atoms with Crippen molar-refractivity contribution in [3.05, 3.63) is 70.3 Å². The summed E-state index contributed by atoms with van der Waals surface area (Å²) in [6, 6.07) is 14.9. The van der Waals surface area contributed by atoms with E-state index in [9.17, 15) is 14.3 Å². The van der Waals surface area contributed by atoms with Crippen molar-refractivity contribution in [2.24, 2.45) is 0 Å². The molecule has 1 atom stereocenters. The molecular formula is C13H12N2O4S. The molecule has 0 saturated carbocycles. The van der Waals surface area contributed by atoms with Gasteiger partial charge in [-0.2, -0.15) is 0 Å². The second-order valence-electron chi connectivity index (χ2n) is 3.88. The first kappa shape index (κ1) is 14.3. The fraction of sp³-hybridized carbons (Fsp3) is 0.0769. The number of hydrogen-bond acceptors (Lipinski definition) is 4. The summed E-state index contributed by atoms with van der Waals surface area (Å²) >= 11 is 0. The molecule has 0 aliphatic carbocycles. The lowest BCUT2D eigenvalue weighted by Crippen LogP contribution is -2.17. The summed E-state index contributed by atoms with van der Waals surface area (Å²) in [7, 11) is -1.57. The van der Waals surface area contributed by atoms with Gasteiger partial charge in [-0.1, -0.05) is 30.3 Å². The van der Waals surface area contributed by atoms with Crippen molar-refractivity contribution in [1.82, 2.24) is 4.89 Å². The number of hydrogen-bond donors (Lipinski definition) is 1. The highest BCUT2D eigenvalue weighted by atomic mass is 32.2. The number of nitrogens with one attached hydrogen (secondary N) is 1. The number of nitrogens with zero attached hydrogens (tertiary/aromatic N) is 1. The van der Waals surface area contributed by atoms with Crippen molar-refractivity contribution in [2.75, 3.05) is 0 Å². The Morgan fingerprint density at radius 3 is 2.35 bits per heavy atom. The third-order valence-corrected chi connectivity index (χ3v) is 3.45. The minimum atomic E-state index is -1.57. The van der Waals surface area contributed by atoms with Crippen LogP contribution in [-0.2, 0) is 22.4 Å². The second-order valence-corrected chi connectivity index (χ2v) is 5.05. The Morgan fingerprint density at radius 1 is 1.10 bits per heavy atom. The van der Waals surface area contributed by atoms with Gasteiger partial charge in [0.2, 0.25) is 0 Å². The third kappa shape index (κ3) is 3.95. The Balaban J connectivity index is 1.87. The zero-order chi connectivity index (χ0) is 14.4. The first-order valence-electron chi connectivity index (χ1n) is 5.74. The van der Waals surface area contributed by atoms with E-state index in [0.29, 0.717) is 4.90 Å². The van der Waals surface area contributed by atoms with E-state index in [2.05, 4.69) is 4.89 Å². The van der Waals surface area contributed by atoms with Crippen LogP contribution in [-0.4, -0.2) is 9.13 Å². The highest BCUT2D eigenvalue weighted by Gasteiger charge is 2.08. The summed E-state index contributed by atoms with van der Waals surface area (Å²) in [5.74, 6) is 0. The molecule has 0 heterocycles. The standard InChI is InChI=1S/C13H12N2O4S/c16-15(17)12-6-8-13(9-7-12)20(18)14-19-10-11-4-2-1-3-5-11/h1-9,14H,10H2/t20-/m1/s1. The van der Waals surface area contributed by atoms with Gasteiger partial charge >= 0.3 is 0 Å². The monoisotopic (exact) mass is 292 g/mol. The molecule has 7 heteroatoms. The summed E-state index contributed by atoms with van der Waals surface area (Å²) < 4.78 is 11.8. The summed E-state index contributed by atoms with van der Waals surface area (Å²) in [6.07, 6.45) is 0. The van der Waals surface area contributed by atoms with Crippen LogP contribution in [0.25, 0.3) is 0 Å². The number of rotatable bonds is 6. The van der Waals surface area contributed by atoms with Crippen molar-refractivity contribution in [2.45, 2.75) is 11.5 Å². The van der Waals surface area contributed by atoms with Gasteiger partial charge in [-0.05, 0) is 17.7 Å². The largest absolute Gasteiger partial charge is 0.284 e. The average Bonchev–Trinajstić information content (AvgIpc) is 2.48. The third-order valence-electron chi connectivity index (χ3n) is 2.48. The molecular weight excluding hydrogens is 280 g/mol. The van der Waals surface area contributed by atoms with Gasteiger partial charge in [-0.25, -0.2) is 4.21 Å². The fourth-order valence-corrected chi connectivity index (χ4v) is 2.13. The normalized spacial score (nSPS) is 12.0. The molecule has 0 spiro atoms. The predicted octanol–water partition coefficient (Wildman–Crippen LogP) is 2.34. The van der Waals surface area contributed by atoms with E-state index in [4.69, 9.17) is 4.84 Å². The minimum absolute atomic E-state index is 0.0454. The molecule has 0 bridgehead atoms. The van der Waals surface area contributed by atoms with Crippen molar-refractivity contribution in [3.63, 3.8) is 0 Å². The second kappa shape index (κ2) is 6.90. The summed E-state index contributed by atoms with van der Waals surface area (Å²) in [5, 5.41) is 10.5. The molecule has 6 nitrogen and oxygen atoms in total. The van der Waals surface area contributed by atoms with E-state index in [-0.39, 0.29) is 12.3 Å². The van der Waals surface area contributed by atoms with Gasteiger partial charge in [-0.3, -0.25) is 15.0 Å². The minimum Gasteiger partial charge on any atom is -0.284 e. The summed E-state index contributed by atoms with van der Waals surface area (Å²) in [6.45, 7) is 0.277. The predicted molar refractivity (Wildman–Crippen MR) is 73.9 cm³/mol. The molecule has 1 N–H and O–H groups in total. The fourth-order valence-electron chi connectivity index (χ4n) is 1.48. The van der Waals surface area contributed by atoms with Crippen LogP contribution in [0.4, 0.5) is 5.69 Å². The Morgan fingerprint density at radius 2 is 1.75 bits per heavy atom. The van der Waals surface area contributed by atoms with Crippen LogP contribution in [0, 0.1) is 10.1 Å². The van der Waals surface area contributed by atoms with Crippen molar-refractivity contribution < 1.29 is 14.0 Å². The summed E-state index contributed by atoms with van der Waals surface area (Å²) in [5.41, 5.74) is 0.900. The molecule has 20 heavy (non-hydrogen) atoms. The highest BCUT2D eigenvalue weighted by Crippen LogP contribution is 2.13. The van der Waals surface area contributed by atoms with Gasteiger partial charge in [0.1, 0.15) is 11.0 Å². The van der Waals surface area contributed by atoms with E-state index < -0.39 is 15.9 Å². The van der Waals surface area contributed by atoms with Crippen LogP contribution < -0.4 is 4.89 Å². The molecule has 2 aromatic carbocycles. The molecule has 0 amide bonds. The molecule has 0 aromatic heterocycles. The molecule has 0 aliphatic rings. The van der Waals surface area contributed by atoms with Gasteiger partial charge < -0.3 is 0 Å². The Kier molecular flexibility index (Phi) is 4.94. The smallest absolute Gasteiger partial charge is 0.269 e. The lowest BCUT2D eigenvalue weighted by atomic mass is 10.2. The van der Waals surface area contributed by atoms with Gasteiger partial charge in [0, 0.05) is 12.1 Å². The van der Waals surface area contributed by atoms with Crippen LogP contribution >= 0.6 is 0 Å². The first-order chi connectivity index (χ1) is 9.66. The maximum atomic E-state index is 11.8. The molecule has 0 saturated heterocycles. The quantitative estimate of drug-likeness (QED) is 0.654. The van der Waals surface area contributed by atoms with Crippen LogP contribution in [0.5, 0.6) is 0 Å². The van der Waals surface area contributed by atoms with E-state index in [1.807, 2.05) is 30.3 Å². The lowest BCUT2D eigenvalue weighted by Gasteiger charge is -2.05. The summed E-state index contributed by atoms with van der Waals surface area (Å²) in [4.78, 5) is 17.9. The molecule has 2 rings (SSSR count). The number of non-ortho nitro benzene ring substituents is 1. The van der Waals surface area contributed by atoms with Gasteiger partial charge in [0.25, 0.3) is 5.69 Å².